The molecule has 152 valence electrons. The third-order valence-corrected chi connectivity index (χ3v) is 5.87. The maximum atomic E-state index is 12.8. The van der Waals surface area contributed by atoms with Crippen LogP contribution in [0, 0.1) is 10.1 Å². The second kappa shape index (κ2) is 8.54. The Balaban J connectivity index is 1.45. The monoisotopic (exact) mass is 422 g/mol. The highest BCUT2D eigenvalue weighted by Crippen LogP contribution is 2.43. The Labute approximate surface area is 177 Å². The number of benzene rings is 2. The Morgan fingerprint density at radius 1 is 1.17 bits per heavy atom. The number of amides is 1. The summed E-state index contributed by atoms with van der Waals surface area (Å²) in [4.78, 5) is 37.4. The van der Waals surface area contributed by atoms with Crippen molar-refractivity contribution in [2.45, 2.75) is 25.5 Å². The summed E-state index contributed by atoms with van der Waals surface area (Å²) in [5.41, 5.74) is 1.96. The highest BCUT2D eigenvalue weighted by molar-refractivity contribution is 8.06. The van der Waals surface area contributed by atoms with Crippen LogP contribution in [-0.4, -0.2) is 27.7 Å². The molecule has 2 aliphatic rings. The summed E-state index contributed by atoms with van der Waals surface area (Å²) in [6, 6.07) is 15.6. The van der Waals surface area contributed by atoms with E-state index in [1.165, 1.54) is 28.8 Å². The zero-order chi connectivity index (χ0) is 21.1. The molecule has 1 amide bonds. The van der Waals surface area contributed by atoms with Crippen molar-refractivity contribution in [3.63, 3.8) is 0 Å². The molecule has 1 unspecified atom stereocenters. The molecule has 2 aromatic carbocycles. The molecule has 0 saturated carbocycles. The molecule has 0 bridgehead atoms. The number of ether oxygens (including phenoxy) is 1. The summed E-state index contributed by atoms with van der Waals surface area (Å²) in [5.74, 6) is -0.635. The van der Waals surface area contributed by atoms with Gasteiger partial charge in [0.1, 0.15) is 12.3 Å². The normalized spacial score (nSPS) is 17.8. The molecule has 2 aliphatic heterocycles. The first-order chi connectivity index (χ1) is 14.5. The third kappa shape index (κ3) is 4.13. The lowest BCUT2D eigenvalue weighted by atomic mass is 10.0. The molecule has 30 heavy (non-hydrogen) atoms. The number of non-ortho nitro benzene ring substituents is 1. The number of nitrogens with zero attached hydrogens (tertiary/aromatic N) is 2. The van der Waals surface area contributed by atoms with E-state index in [0.29, 0.717) is 24.1 Å². The van der Waals surface area contributed by atoms with E-state index in [1.54, 1.807) is 12.1 Å². The summed E-state index contributed by atoms with van der Waals surface area (Å²) in [6.45, 7) is -0.0230. The first kappa shape index (κ1) is 19.9. The first-order valence-electron chi connectivity index (χ1n) is 9.37. The highest BCUT2D eigenvalue weighted by Gasteiger charge is 2.47. The summed E-state index contributed by atoms with van der Waals surface area (Å²) < 4.78 is 5.41. The van der Waals surface area contributed by atoms with Crippen molar-refractivity contribution >= 4 is 35.4 Å². The van der Waals surface area contributed by atoms with Gasteiger partial charge in [0, 0.05) is 29.9 Å². The van der Waals surface area contributed by atoms with Crippen LogP contribution >= 0.6 is 11.8 Å². The zero-order valence-electron chi connectivity index (χ0n) is 15.9. The number of thioether (sulfide) groups is 1. The number of β-lactam (4-membered cyclic amide) rings is 1. The predicted molar refractivity (Wildman–Crippen MR) is 113 cm³/mol. The van der Waals surface area contributed by atoms with E-state index in [0.717, 1.165) is 10.5 Å². The average molecular weight is 422 g/mol. The van der Waals surface area contributed by atoms with Gasteiger partial charge in [-0.05, 0) is 34.7 Å². The van der Waals surface area contributed by atoms with Crippen molar-refractivity contribution in [1.29, 1.82) is 0 Å². The van der Waals surface area contributed by atoms with Gasteiger partial charge in [0.15, 0.2) is 0 Å². The minimum absolute atomic E-state index is 0.0204. The number of nitro benzene ring substituents is 1. The summed E-state index contributed by atoms with van der Waals surface area (Å²) in [7, 11) is 0. The van der Waals surface area contributed by atoms with Crippen LogP contribution < -0.4 is 0 Å². The van der Waals surface area contributed by atoms with Gasteiger partial charge in [-0.15, -0.1) is 0 Å². The predicted octanol–water partition coefficient (Wildman–Crippen LogP) is 4.26. The standard InChI is InChI=1S/C22H18N2O5S/c25-20-13-18-12-19(30-11-10-15-4-2-1-3-5-15)21(23(18)20)22(26)29-14-16-6-8-17(9-7-16)24(27)28/h1-11,18H,12-14H2. The molecule has 2 heterocycles. The quantitative estimate of drug-likeness (QED) is 0.287. The Kier molecular flexibility index (Phi) is 5.67. The Hall–Kier alpha value is -3.39. The lowest BCUT2D eigenvalue weighted by Crippen LogP contribution is -2.49. The van der Waals surface area contributed by atoms with Crippen molar-refractivity contribution in [1.82, 2.24) is 4.90 Å². The van der Waals surface area contributed by atoms with E-state index >= 15 is 0 Å². The van der Waals surface area contributed by atoms with Crippen LogP contribution in [0.25, 0.3) is 6.08 Å². The van der Waals surface area contributed by atoms with Gasteiger partial charge in [0.25, 0.3) is 5.69 Å². The summed E-state index contributed by atoms with van der Waals surface area (Å²) in [5, 5.41) is 12.6. The molecular weight excluding hydrogens is 404 g/mol. The fraction of sp³-hybridized carbons (Fsp3) is 0.182. The van der Waals surface area contributed by atoms with Gasteiger partial charge in [-0.1, -0.05) is 42.1 Å². The molecule has 4 rings (SSSR count). The van der Waals surface area contributed by atoms with Crippen LogP contribution in [0.15, 0.2) is 70.6 Å². The molecule has 1 saturated heterocycles. The Bertz CT molecular complexity index is 1050. The number of esters is 1. The zero-order valence-corrected chi connectivity index (χ0v) is 16.7. The molecule has 8 heteroatoms. The SMILES string of the molecule is O=C(OCc1ccc([N+](=O)[O-])cc1)C1=C(SC=Cc2ccccc2)CC2CC(=O)N12. The Morgan fingerprint density at radius 2 is 1.90 bits per heavy atom. The van der Waals surface area contributed by atoms with E-state index in [2.05, 4.69) is 0 Å². The lowest BCUT2D eigenvalue weighted by Gasteiger charge is -2.35. The van der Waals surface area contributed by atoms with Crippen LogP contribution in [0.5, 0.6) is 0 Å². The van der Waals surface area contributed by atoms with Crippen molar-refractivity contribution in [2.24, 2.45) is 0 Å². The van der Waals surface area contributed by atoms with Gasteiger partial charge in [0.05, 0.1) is 11.0 Å². The maximum absolute atomic E-state index is 12.8. The van der Waals surface area contributed by atoms with Gasteiger partial charge in [-0.3, -0.25) is 14.9 Å². The van der Waals surface area contributed by atoms with E-state index in [4.69, 9.17) is 4.74 Å². The molecule has 7 nitrogen and oxygen atoms in total. The number of carbonyl (C=O) groups is 2. The van der Waals surface area contributed by atoms with Gasteiger partial charge in [-0.25, -0.2) is 4.79 Å². The first-order valence-corrected chi connectivity index (χ1v) is 10.2. The number of hydrogen-bond donors (Lipinski definition) is 0. The second-order valence-corrected chi connectivity index (χ2v) is 7.93. The number of rotatable bonds is 7. The van der Waals surface area contributed by atoms with Crippen LogP contribution in [0.4, 0.5) is 5.69 Å². The van der Waals surface area contributed by atoms with E-state index < -0.39 is 10.9 Å². The number of nitro groups is 1. The van der Waals surface area contributed by atoms with Crippen LogP contribution in [0.2, 0.25) is 0 Å². The molecule has 0 aliphatic carbocycles. The summed E-state index contributed by atoms with van der Waals surface area (Å²) in [6.07, 6.45) is 3.03. The minimum Gasteiger partial charge on any atom is -0.456 e. The van der Waals surface area contributed by atoms with Crippen molar-refractivity contribution in [3.8, 4) is 0 Å². The minimum atomic E-state index is -0.556. The largest absolute Gasteiger partial charge is 0.456 e. The molecule has 0 N–H and O–H groups in total. The average Bonchev–Trinajstić information content (AvgIpc) is 3.05. The lowest BCUT2D eigenvalue weighted by molar-refractivity contribution is -0.384. The second-order valence-electron chi connectivity index (χ2n) is 6.93. The van der Waals surface area contributed by atoms with E-state index in [-0.39, 0.29) is 24.2 Å². The van der Waals surface area contributed by atoms with E-state index in [9.17, 15) is 19.7 Å². The molecule has 0 aromatic heterocycles. The van der Waals surface area contributed by atoms with Crippen molar-refractivity contribution < 1.29 is 19.2 Å². The smallest absolute Gasteiger partial charge is 0.356 e. The number of carbonyl (C=O) groups excluding carboxylic acids is 2. The van der Waals surface area contributed by atoms with Gasteiger partial charge < -0.3 is 9.64 Å². The molecule has 2 aromatic rings. The van der Waals surface area contributed by atoms with Crippen LogP contribution in [0.1, 0.15) is 24.0 Å². The Morgan fingerprint density at radius 3 is 2.57 bits per heavy atom. The van der Waals surface area contributed by atoms with E-state index in [1.807, 2.05) is 41.8 Å². The highest BCUT2D eigenvalue weighted by atomic mass is 32.2. The molecule has 1 fully saturated rings. The van der Waals surface area contributed by atoms with Gasteiger partial charge in [-0.2, -0.15) is 0 Å². The van der Waals surface area contributed by atoms with Crippen molar-refractivity contribution in [2.75, 3.05) is 0 Å². The fourth-order valence-electron chi connectivity index (χ4n) is 3.40. The molecule has 0 radical (unpaired) electrons. The van der Waals surface area contributed by atoms with Gasteiger partial charge in [0.2, 0.25) is 5.91 Å². The fourth-order valence-corrected chi connectivity index (χ4v) is 4.38. The summed E-state index contributed by atoms with van der Waals surface area (Å²) >= 11 is 1.42. The molecular formula is C22H18N2O5S. The maximum Gasteiger partial charge on any atom is 0.356 e. The number of hydrogen-bond acceptors (Lipinski definition) is 6. The van der Waals surface area contributed by atoms with Gasteiger partial charge >= 0.3 is 5.97 Å². The topological polar surface area (TPSA) is 89.7 Å². The van der Waals surface area contributed by atoms with Crippen LogP contribution in [-0.2, 0) is 20.9 Å². The molecule has 0 spiro atoms. The third-order valence-electron chi connectivity index (χ3n) is 4.95. The number of fused-ring (bicyclic) bond motifs is 1. The molecule has 1 atom stereocenters. The van der Waals surface area contributed by atoms with Crippen LogP contribution in [0.3, 0.4) is 0 Å². The van der Waals surface area contributed by atoms with Crippen molar-refractivity contribution in [3.05, 3.63) is 91.8 Å².